The normalized spacial score (nSPS) is 13.3. The molecule has 0 aliphatic carbocycles. The maximum absolute atomic E-state index is 13.0. The summed E-state index contributed by atoms with van der Waals surface area (Å²) >= 11 is 0. The zero-order valence-corrected chi connectivity index (χ0v) is 15.7. The lowest BCUT2D eigenvalue weighted by atomic mass is 10.1. The Morgan fingerprint density at radius 3 is 2.50 bits per heavy atom. The Kier molecular flexibility index (Phi) is 5.58. The van der Waals surface area contributed by atoms with Gasteiger partial charge in [-0.1, -0.05) is 6.07 Å². The fourth-order valence-corrected chi connectivity index (χ4v) is 3.24. The number of nitro benzene ring substituents is 1. The first-order valence-electron chi connectivity index (χ1n) is 8.94. The van der Waals surface area contributed by atoms with Crippen LogP contribution < -0.4 is 10.2 Å². The maximum Gasteiger partial charge on any atom is 0.337 e. The smallest absolute Gasteiger partial charge is 0.337 e. The number of nitrogens with zero attached hydrogens (tertiary/aromatic N) is 2. The second-order valence-corrected chi connectivity index (χ2v) is 6.63. The molecule has 2 aromatic carbocycles. The van der Waals surface area contributed by atoms with E-state index in [1.54, 1.807) is 25.1 Å². The Hall–Kier alpha value is -3.42. The van der Waals surface area contributed by atoms with Crippen LogP contribution in [0.25, 0.3) is 0 Å². The highest BCUT2D eigenvalue weighted by Crippen LogP contribution is 2.29. The minimum Gasteiger partial charge on any atom is -0.465 e. The molecule has 1 N–H and O–H groups in total. The number of aryl methyl sites for hydroxylation is 1. The molecule has 1 heterocycles. The molecule has 28 heavy (non-hydrogen) atoms. The lowest BCUT2D eigenvalue weighted by Crippen LogP contribution is -2.23. The average Bonchev–Trinajstić information content (AvgIpc) is 3.23. The molecule has 0 saturated carbocycles. The average molecular weight is 383 g/mol. The summed E-state index contributed by atoms with van der Waals surface area (Å²) in [4.78, 5) is 37.5. The van der Waals surface area contributed by atoms with Crippen molar-refractivity contribution < 1.29 is 19.2 Å². The van der Waals surface area contributed by atoms with Crippen molar-refractivity contribution in [3.05, 3.63) is 63.2 Å². The van der Waals surface area contributed by atoms with Crippen LogP contribution in [0.4, 0.5) is 17.1 Å². The molecule has 2 aromatic rings. The molecule has 1 amide bonds. The first-order chi connectivity index (χ1) is 13.4. The second-order valence-electron chi connectivity index (χ2n) is 6.63. The van der Waals surface area contributed by atoms with E-state index in [4.69, 9.17) is 4.74 Å². The molecule has 0 atom stereocenters. The number of nitro groups is 1. The Bertz CT molecular complexity index is 935. The largest absolute Gasteiger partial charge is 0.465 e. The van der Waals surface area contributed by atoms with Gasteiger partial charge in [-0.3, -0.25) is 14.9 Å². The Morgan fingerprint density at radius 2 is 1.86 bits per heavy atom. The van der Waals surface area contributed by atoms with Crippen molar-refractivity contribution in [1.82, 2.24) is 0 Å². The number of methoxy groups -OCH3 is 1. The van der Waals surface area contributed by atoms with Gasteiger partial charge in [0.25, 0.3) is 11.6 Å². The van der Waals surface area contributed by atoms with Crippen LogP contribution in [0.3, 0.4) is 0 Å². The van der Waals surface area contributed by atoms with Gasteiger partial charge in [0.05, 0.1) is 28.8 Å². The Labute approximate surface area is 162 Å². The van der Waals surface area contributed by atoms with Crippen molar-refractivity contribution in [2.75, 3.05) is 30.4 Å². The molecule has 1 aliphatic rings. The fraction of sp³-hybridized carbons (Fsp3) is 0.300. The molecular weight excluding hydrogens is 362 g/mol. The van der Waals surface area contributed by atoms with Gasteiger partial charge in [-0.05, 0) is 43.5 Å². The molecule has 146 valence electrons. The van der Waals surface area contributed by atoms with Crippen molar-refractivity contribution in [1.29, 1.82) is 0 Å². The van der Waals surface area contributed by atoms with Gasteiger partial charge >= 0.3 is 5.97 Å². The van der Waals surface area contributed by atoms with Crippen molar-refractivity contribution in [3.8, 4) is 0 Å². The Morgan fingerprint density at radius 1 is 1.14 bits per heavy atom. The van der Waals surface area contributed by atoms with Crippen LogP contribution in [0.2, 0.25) is 0 Å². The SMILES string of the molecule is COC(=O)c1ccc(C)c(NC(=O)c2cc([N+](=O)[O-])ccc2N2CCCC2)c1. The minimum absolute atomic E-state index is 0.145. The number of non-ortho nitro benzene ring substituents is 1. The second kappa shape index (κ2) is 8.08. The summed E-state index contributed by atoms with van der Waals surface area (Å²) in [6.45, 7) is 3.40. The Balaban J connectivity index is 1.96. The van der Waals surface area contributed by atoms with Gasteiger partial charge in [-0.2, -0.15) is 0 Å². The highest BCUT2D eigenvalue weighted by molar-refractivity contribution is 6.09. The summed E-state index contributed by atoms with van der Waals surface area (Å²) in [5.41, 5.74) is 2.28. The third kappa shape index (κ3) is 3.95. The van der Waals surface area contributed by atoms with Crippen molar-refractivity contribution in [3.63, 3.8) is 0 Å². The summed E-state index contributed by atoms with van der Waals surface area (Å²) in [5, 5.41) is 14.0. The van der Waals surface area contributed by atoms with Crippen LogP contribution in [0.15, 0.2) is 36.4 Å². The van der Waals surface area contributed by atoms with Crippen molar-refractivity contribution in [2.24, 2.45) is 0 Å². The zero-order chi connectivity index (χ0) is 20.3. The minimum atomic E-state index is -0.520. The molecule has 0 unspecified atom stereocenters. The quantitative estimate of drug-likeness (QED) is 0.481. The number of benzene rings is 2. The number of carbonyl (C=O) groups excluding carboxylic acids is 2. The van der Waals surface area contributed by atoms with Gasteiger partial charge in [0.2, 0.25) is 0 Å². The number of amides is 1. The number of hydrogen-bond acceptors (Lipinski definition) is 6. The lowest BCUT2D eigenvalue weighted by Gasteiger charge is -2.21. The summed E-state index contributed by atoms with van der Waals surface area (Å²) in [6, 6.07) is 9.18. The number of esters is 1. The van der Waals surface area contributed by atoms with Gasteiger partial charge in [0.15, 0.2) is 0 Å². The summed E-state index contributed by atoms with van der Waals surface area (Å²) < 4.78 is 4.72. The standard InChI is InChI=1S/C20H21N3O5/c1-13-5-6-14(20(25)28-2)11-17(13)21-19(24)16-12-15(23(26)27)7-8-18(16)22-9-3-4-10-22/h5-8,11-12H,3-4,9-10H2,1-2H3,(H,21,24). The van der Waals surface area contributed by atoms with E-state index in [0.717, 1.165) is 31.5 Å². The summed E-state index contributed by atoms with van der Waals surface area (Å²) in [7, 11) is 1.28. The molecule has 8 nitrogen and oxygen atoms in total. The van der Waals surface area contributed by atoms with Gasteiger partial charge in [-0.15, -0.1) is 0 Å². The van der Waals surface area contributed by atoms with Gasteiger partial charge in [0, 0.05) is 30.9 Å². The van der Waals surface area contributed by atoms with Crippen LogP contribution in [0.5, 0.6) is 0 Å². The van der Waals surface area contributed by atoms with Gasteiger partial charge in [0.1, 0.15) is 0 Å². The predicted molar refractivity (Wildman–Crippen MR) is 105 cm³/mol. The van der Waals surface area contributed by atoms with E-state index in [0.29, 0.717) is 16.9 Å². The fourth-order valence-electron chi connectivity index (χ4n) is 3.24. The van der Waals surface area contributed by atoms with Crippen LogP contribution in [-0.4, -0.2) is 37.0 Å². The third-order valence-corrected chi connectivity index (χ3v) is 4.79. The number of rotatable bonds is 5. The molecular formula is C20H21N3O5. The van der Waals surface area contributed by atoms with Crippen molar-refractivity contribution >= 4 is 28.9 Å². The number of nitrogens with one attached hydrogen (secondary N) is 1. The van der Waals surface area contributed by atoms with E-state index < -0.39 is 16.8 Å². The molecule has 0 aromatic heterocycles. The summed E-state index contributed by atoms with van der Waals surface area (Å²) in [6.07, 6.45) is 2.02. The van der Waals surface area contributed by atoms with Crippen molar-refractivity contribution in [2.45, 2.75) is 19.8 Å². The van der Waals surface area contributed by atoms with E-state index in [9.17, 15) is 19.7 Å². The highest BCUT2D eigenvalue weighted by atomic mass is 16.6. The highest BCUT2D eigenvalue weighted by Gasteiger charge is 2.23. The van der Waals surface area contributed by atoms with E-state index >= 15 is 0 Å². The molecule has 3 rings (SSSR count). The van der Waals surface area contributed by atoms with Crippen LogP contribution in [0.1, 0.15) is 39.1 Å². The number of carbonyl (C=O) groups is 2. The molecule has 1 saturated heterocycles. The van der Waals surface area contributed by atoms with Crippen LogP contribution in [-0.2, 0) is 4.74 Å². The predicted octanol–water partition coefficient (Wildman–Crippen LogP) is 3.54. The first-order valence-corrected chi connectivity index (χ1v) is 8.94. The van der Waals surface area contributed by atoms with Gasteiger partial charge in [-0.25, -0.2) is 4.79 Å². The molecule has 0 bridgehead atoms. The van der Waals surface area contributed by atoms with E-state index in [2.05, 4.69) is 10.2 Å². The lowest BCUT2D eigenvalue weighted by molar-refractivity contribution is -0.384. The summed E-state index contributed by atoms with van der Waals surface area (Å²) in [5.74, 6) is -0.973. The monoisotopic (exact) mass is 383 g/mol. The number of hydrogen-bond donors (Lipinski definition) is 1. The van der Waals surface area contributed by atoms with Gasteiger partial charge < -0.3 is 15.0 Å². The molecule has 8 heteroatoms. The molecule has 0 radical (unpaired) electrons. The first kappa shape index (κ1) is 19.3. The van der Waals surface area contributed by atoms with E-state index in [-0.39, 0.29) is 11.3 Å². The van der Waals surface area contributed by atoms with Crippen LogP contribution >= 0.6 is 0 Å². The van der Waals surface area contributed by atoms with E-state index in [1.807, 2.05) is 0 Å². The number of anilines is 2. The maximum atomic E-state index is 13.0. The number of ether oxygens (including phenoxy) is 1. The topological polar surface area (TPSA) is 102 Å². The van der Waals surface area contributed by atoms with E-state index in [1.165, 1.54) is 25.3 Å². The third-order valence-electron chi connectivity index (χ3n) is 4.79. The van der Waals surface area contributed by atoms with Crippen LogP contribution in [0, 0.1) is 17.0 Å². The molecule has 1 aliphatic heterocycles. The molecule has 0 spiro atoms. The molecule has 1 fully saturated rings. The zero-order valence-electron chi connectivity index (χ0n) is 15.7.